The van der Waals surface area contributed by atoms with Crippen molar-refractivity contribution >= 4 is 40.8 Å². The molecule has 0 spiro atoms. The lowest BCUT2D eigenvalue weighted by Crippen LogP contribution is -2.82. The maximum Gasteiger partial charge on any atom is 0.140 e. The number of carbonyl (C=O) groups is 1. The van der Waals surface area contributed by atoms with E-state index in [9.17, 15) is 9.90 Å². The van der Waals surface area contributed by atoms with Crippen LogP contribution >= 0.6 is 34.8 Å². The van der Waals surface area contributed by atoms with Gasteiger partial charge in [0.15, 0.2) is 0 Å². The highest BCUT2D eigenvalue weighted by Gasteiger charge is 2.06. The van der Waals surface area contributed by atoms with Crippen molar-refractivity contribution in [2.75, 3.05) is 19.7 Å². The highest BCUT2D eigenvalue weighted by atomic mass is 35.5. The van der Waals surface area contributed by atoms with Crippen molar-refractivity contribution in [3.63, 3.8) is 0 Å². The molecular weight excluding hydrogens is 312 g/mol. The van der Waals surface area contributed by atoms with E-state index in [1.54, 1.807) is 0 Å². The molecule has 0 heterocycles. The number of halogens is 3. The van der Waals surface area contributed by atoms with Crippen LogP contribution in [-0.2, 0) is 4.79 Å². The van der Waals surface area contributed by atoms with Crippen LogP contribution in [0.15, 0.2) is 12.1 Å². The molecule has 0 fully saturated rings. The molecule has 0 saturated carbocycles. The van der Waals surface area contributed by atoms with E-state index in [2.05, 4.69) is 19.2 Å². The first kappa shape index (κ1) is 18.3. The minimum absolute atomic E-state index is 0.158. The number of rotatable bonds is 5. The fourth-order valence-corrected chi connectivity index (χ4v) is 1.63. The number of nitrogens with two attached hydrogens (primary N) is 1. The Morgan fingerprint density at radius 2 is 1.68 bits per heavy atom. The van der Waals surface area contributed by atoms with Crippen molar-refractivity contribution in [2.24, 2.45) is 0 Å². The third-order valence-electron chi connectivity index (χ3n) is 1.90. The Morgan fingerprint density at radius 3 is 2.11 bits per heavy atom. The van der Waals surface area contributed by atoms with Gasteiger partial charge in [-0.1, -0.05) is 34.8 Å². The van der Waals surface area contributed by atoms with Crippen LogP contribution in [0.3, 0.4) is 0 Å². The van der Waals surface area contributed by atoms with Crippen molar-refractivity contribution in [2.45, 2.75) is 13.8 Å². The molecule has 0 saturated heterocycles. The fraction of sp³-hybridized carbons (Fsp3) is 0.417. The van der Waals surface area contributed by atoms with Gasteiger partial charge in [0.2, 0.25) is 0 Å². The van der Waals surface area contributed by atoms with Gasteiger partial charge >= 0.3 is 0 Å². The first-order valence-corrected chi connectivity index (χ1v) is 6.84. The highest BCUT2D eigenvalue weighted by molar-refractivity contribution is 6.43. The van der Waals surface area contributed by atoms with Crippen LogP contribution in [0.1, 0.15) is 13.8 Å². The molecule has 0 aliphatic carbocycles. The van der Waals surface area contributed by atoms with Gasteiger partial charge in [-0.15, -0.1) is 0 Å². The summed E-state index contributed by atoms with van der Waals surface area (Å²) < 4.78 is 4.80. The normalized spacial score (nSPS) is 9.53. The van der Waals surface area contributed by atoms with Gasteiger partial charge in [0.1, 0.15) is 12.4 Å². The van der Waals surface area contributed by atoms with Gasteiger partial charge in [-0.25, -0.2) is 0 Å². The maximum atomic E-state index is 10.1. The molecule has 2 N–H and O–H groups in total. The molecule has 0 amide bonds. The lowest BCUT2D eigenvalue weighted by molar-refractivity contribution is -0.648. The van der Waals surface area contributed by atoms with Crippen LogP contribution < -0.4 is 15.2 Å². The second kappa shape index (κ2) is 10.1. The topological polar surface area (TPSA) is 66.0 Å². The smallest absolute Gasteiger partial charge is 0.140 e. The van der Waals surface area contributed by atoms with E-state index in [0.717, 1.165) is 0 Å². The molecule has 0 atom stereocenters. The quantitative estimate of drug-likeness (QED) is 0.830. The number of carboxylic acid groups (broad SMARTS) is 1. The highest BCUT2D eigenvalue weighted by Crippen LogP contribution is 2.33. The number of carbonyl (C=O) groups excluding carboxylic acids is 1. The molecule has 1 aromatic carbocycles. The summed E-state index contributed by atoms with van der Waals surface area (Å²) in [5.41, 5.74) is 0. The Labute approximate surface area is 127 Å². The first-order valence-electron chi connectivity index (χ1n) is 5.71. The van der Waals surface area contributed by atoms with E-state index in [1.165, 1.54) is 25.2 Å². The molecule has 0 aromatic heterocycles. The van der Waals surface area contributed by atoms with E-state index in [0.29, 0.717) is 0 Å². The molecule has 0 aliphatic heterocycles. The van der Waals surface area contributed by atoms with Crippen molar-refractivity contribution in [1.29, 1.82) is 0 Å². The van der Waals surface area contributed by atoms with Gasteiger partial charge in [-0.3, -0.25) is 0 Å². The predicted octanol–water partition coefficient (Wildman–Crippen LogP) is 1.37. The van der Waals surface area contributed by atoms with E-state index < -0.39 is 12.6 Å². The summed E-state index contributed by atoms with van der Waals surface area (Å²) in [6, 6.07) is 2.71. The van der Waals surface area contributed by atoms with Crippen LogP contribution in [0.5, 0.6) is 5.75 Å². The van der Waals surface area contributed by atoms with Crippen molar-refractivity contribution in [3.8, 4) is 5.75 Å². The number of quaternary nitrogens is 1. The summed E-state index contributed by atoms with van der Waals surface area (Å²) in [5, 5.41) is 13.1. The number of aliphatic carboxylic acids is 1. The zero-order chi connectivity index (χ0) is 14.8. The lowest BCUT2D eigenvalue weighted by Gasteiger charge is -2.09. The average molecular weight is 329 g/mol. The summed E-state index contributed by atoms with van der Waals surface area (Å²) in [5.74, 6) is -1.18. The van der Waals surface area contributed by atoms with Gasteiger partial charge in [0.05, 0.1) is 34.1 Å². The van der Waals surface area contributed by atoms with Gasteiger partial charge in [-0.05, 0) is 19.9 Å². The molecule has 0 aliphatic rings. The van der Waals surface area contributed by atoms with Crippen molar-refractivity contribution < 1.29 is 20.0 Å². The fourth-order valence-electron chi connectivity index (χ4n) is 1.04. The van der Waals surface area contributed by atoms with Crippen LogP contribution in [0.4, 0.5) is 0 Å². The van der Waals surface area contributed by atoms with E-state index in [4.69, 9.17) is 39.5 Å². The summed E-state index contributed by atoms with van der Waals surface area (Å²) in [6.07, 6.45) is 0. The van der Waals surface area contributed by atoms with Crippen LogP contribution in [0.2, 0.25) is 15.1 Å². The van der Waals surface area contributed by atoms with Crippen LogP contribution in [0.25, 0.3) is 0 Å². The number of carboxylic acids is 1. The Balaban J connectivity index is 0.000000555. The van der Waals surface area contributed by atoms with E-state index >= 15 is 0 Å². The standard InChI is InChI=1S/C8H5Cl3O3.C4H11N/c9-4-1-6(11)7(2-5(4)10)14-3-8(12)13;1-3-5-4-2/h1-2H,3H2,(H,12,13);5H,3-4H2,1-2H3. The number of benzene rings is 1. The summed E-state index contributed by atoms with van der Waals surface area (Å²) in [7, 11) is 0. The largest absolute Gasteiger partial charge is 0.546 e. The van der Waals surface area contributed by atoms with E-state index in [-0.39, 0.29) is 20.8 Å². The van der Waals surface area contributed by atoms with Crippen LogP contribution in [-0.4, -0.2) is 25.7 Å². The zero-order valence-electron chi connectivity index (χ0n) is 10.7. The SMILES string of the molecule is CC[NH2+]CC.O=C([O-])COc1cc(Cl)c(Cl)cc1Cl. The summed E-state index contributed by atoms with van der Waals surface area (Å²) >= 11 is 17.0. The molecular formula is C12H16Cl3NO3. The van der Waals surface area contributed by atoms with Gasteiger partial charge in [-0.2, -0.15) is 0 Å². The van der Waals surface area contributed by atoms with Gasteiger partial charge in [0, 0.05) is 6.07 Å². The third-order valence-corrected chi connectivity index (χ3v) is 2.92. The van der Waals surface area contributed by atoms with E-state index in [1.807, 2.05) is 0 Å². The molecule has 7 heteroatoms. The molecule has 19 heavy (non-hydrogen) atoms. The molecule has 0 bridgehead atoms. The molecule has 0 radical (unpaired) electrons. The first-order chi connectivity index (χ1) is 8.92. The van der Waals surface area contributed by atoms with Crippen molar-refractivity contribution in [1.82, 2.24) is 0 Å². The van der Waals surface area contributed by atoms with Crippen LogP contribution in [0, 0.1) is 0 Å². The number of hydrogen-bond acceptors (Lipinski definition) is 3. The number of ether oxygens (including phenoxy) is 1. The second-order valence-electron chi connectivity index (χ2n) is 3.46. The number of hydrogen-bond donors (Lipinski definition) is 1. The molecule has 4 nitrogen and oxygen atoms in total. The average Bonchev–Trinajstić information content (AvgIpc) is 2.34. The predicted molar refractivity (Wildman–Crippen MR) is 75.0 cm³/mol. The molecule has 108 valence electrons. The van der Waals surface area contributed by atoms with Gasteiger partial charge < -0.3 is 20.0 Å². The Kier molecular flexibility index (Phi) is 9.79. The van der Waals surface area contributed by atoms with Gasteiger partial charge in [0.25, 0.3) is 0 Å². The zero-order valence-corrected chi connectivity index (χ0v) is 13.0. The minimum Gasteiger partial charge on any atom is -0.546 e. The lowest BCUT2D eigenvalue weighted by atomic mass is 10.3. The molecule has 0 unspecified atom stereocenters. The third kappa shape index (κ3) is 8.16. The van der Waals surface area contributed by atoms with Crippen molar-refractivity contribution in [3.05, 3.63) is 27.2 Å². The summed E-state index contributed by atoms with van der Waals surface area (Å²) in [4.78, 5) is 10.1. The minimum atomic E-state index is -1.34. The second-order valence-corrected chi connectivity index (χ2v) is 4.68. The maximum absolute atomic E-state index is 10.1. The molecule has 1 aromatic rings. The Bertz CT molecular complexity index is 411. The summed E-state index contributed by atoms with van der Waals surface area (Å²) in [6.45, 7) is 6.16. The Hall–Kier alpha value is -0.680. The molecule has 1 rings (SSSR count). The monoisotopic (exact) mass is 327 g/mol. The Morgan fingerprint density at radius 1 is 1.16 bits per heavy atom.